The van der Waals surface area contributed by atoms with E-state index in [1.807, 2.05) is 13.0 Å². The minimum Gasteiger partial charge on any atom is -0.463 e. The van der Waals surface area contributed by atoms with Crippen LogP contribution in [0.4, 0.5) is 5.82 Å². The summed E-state index contributed by atoms with van der Waals surface area (Å²) in [5.74, 6) is 0.675. The minimum atomic E-state index is -0.524. The molecule has 0 spiro atoms. The van der Waals surface area contributed by atoms with Gasteiger partial charge in [0.15, 0.2) is 0 Å². The largest absolute Gasteiger partial charge is 0.463 e. The number of anilines is 1. The first kappa shape index (κ1) is 13.7. The van der Waals surface area contributed by atoms with Crippen LogP contribution in [0.25, 0.3) is 0 Å². The maximum Gasteiger partial charge on any atom is 0.376 e. The van der Waals surface area contributed by atoms with Crippen LogP contribution in [-0.2, 0) is 9.47 Å². The quantitative estimate of drug-likeness (QED) is 0.830. The van der Waals surface area contributed by atoms with Gasteiger partial charge in [0.05, 0.1) is 13.2 Å². The first-order valence-corrected chi connectivity index (χ1v) is 6.39. The van der Waals surface area contributed by atoms with Crippen molar-refractivity contribution in [2.75, 3.05) is 25.6 Å². The number of hydrogen-bond donors (Lipinski definition) is 1. The van der Waals surface area contributed by atoms with Gasteiger partial charge in [0, 0.05) is 30.8 Å². The molecule has 1 aromatic rings. The van der Waals surface area contributed by atoms with E-state index >= 15 is 0 Å². The molecule has 1 aliphatic heterocycles. The third kappa shape index (κ3) is 3.41. The van der Waals surface area contributed by atoms with E-state index < -0.39 is 5.97 Å². The van der Waals surface area contributed by atoms with Gasteiger partial charge in [-0.15, -0.1) is 0 Å². The molecule has 0 bridgehead atoms. The van der Waals surface area contributed by atoms with Crippen molar-refractivity contribution in [3.63, 3.8) is 0 Å². The van der Waals surface area contributed by atoms with Gasteiger partial charge in [0.25, 0.3) is 0 Å². The molecule has 1 fully saturated rings. The fraction of sp³-hybridized carbons (Fsp3) is 0.615. The highest BCUT2D eigenvalue weighted by atomic mass is 16.5. The molecule has 6 nitrogen and oxygen atoms in total. The highest BCUT2D eigenvalue weighted by Gasteiger charge is 2.24. The molecule has 1 aliphatic rings. The van der Waals surface area contributed by atoms with Crippen molar-refractivity contribution in [3.8, 4) is 0 Å². The zero-order valence-electron chi connectivity index (χ0n) is 11.5. The molecule has 19 heavy (non-hydrogen) atoms. The van der Waals surface area contributed by atoms with Gasteiger partial charge < -0.3 is 14.8 Å². The van der Waals surface area contributed by atoms with Crippen LogP contribution in [0.3, 0.4) is 0 Å². The van der Waals surface area contributed by atoms with Crippen molar-refractivity contribution in [2.45, 2.75) is 26.4 Å². The van der Waals surface area contributed by atoms with Crippen molar-refractivity contribution < 1.29 is 14.3 Å². The van der Waals surface area contributed by atoms with Gasteiger partial charge in [-0.05, 0) is 20.3 Å². The second kappa shape index (κ2) is 5.97. The molecule has 0 saturated carbocycles. The first-order chi connectivity index (χ1) is 9.10. The molecule has 2 unspecified atom stereocenters. The number of carbonyl (C=O) groups excluding carboxylic acids is 1. The molecular weight excluding hydrogens is 246 g/mol. The van der Waals surface area contributed by atoms with Crippen molar-refractivity contribution in [1.82, 2.24) is 9.97 Å². The Morgan fingerprint density at radius 2 is 2.37 bits per heavy atom. The summed E-state index contributed by atoms with van der Waals surface area (Å²) in [5, 5.41) is 3.24. The zero-order chi connectivity index (χ0) is 13.8. The fourth-order valence-corrected chi connectivity index (χ4v) is 2.12. The second-order valence-electron chi connectivity index (χ2n) is 4.72. The standard InChI is InChI=1S/C13H19N3O3/c1-8-6-11(16-12(15-8)13(17)18-3)14-7-10-4-5-19-9(10)2/h6,9-10H,4-5,7H2,1-3H3,(H,14,15,16). The summed E-state index contributed by atoms with van der Waals surface area (Å²) in [4.78, 5) is 19.6. The molecule has 6 heteroatoms. The van der Waals surface area contributed by atoms with E-state index in [1.54, 1.807) is 0 Å². The van der Waals surface area contributed by atoms with Crippen molar-refractivity contribution >= 4 is 11.8 Å². The number of methoxy groups -OCH3 is 1. The molecule has 2 heterocycles. The summed E-state index contributed by atoms with van der Waals surface area (Å²) in [6.45, 7) is 5.48. The third-order valence-electron chi connectivity index (χ3n) is 3.30. The molecule has 0 amide bonds. The molecular formula is C13H19N3O3. The monoisotopic (exact) mass is 265 g/mol. The molecule has 1 aromatic heterocycles. The van der Waals surface area contributed by atoms with Crippen LogP contribution >= 0.6 is 0 Å². The van der Waals surface area contributed by atoms with Crippen molar-refractivity contribution in [1.29, 1.82) is 0 Å². The second-order valence-corrected chi connectivity index (χ2v) is 4.72. The Morgan fingerprint density at radius 3 is 3.00 bits per heavy atom. The van der Waals surface area contributed by atoms with Gasteiger partial charge in [0.2, 0.25) is 5.82 Å². The molecule has 104 valence electrons. The van der Waals surface area contributed by atoms with E-state index in [0.29, 0.717) is 11.7 Å². The number of nitrogens with zero attached hydrogens (tertiary/aromatic N) is 2. The van der Waals surface area contributed by atoms with E-state index in [9.17, 15) is 4.79 Å². The van der Waals surface area contributed by atoms with Crippen LogP contribution in [0.5, 0.6) is 0 Å². The first-order valence-electron chi connectivity index (χ1n) is 6.39. The van der Waals surface area contributed by atoms with Crippen LogP contribution in [0.1, 0.15) is 29.7 Å². The molecule has 2 atom stereocenters. The topological polar surface area (TPSA) is 73.3 Å². The number of ether oxygens (including phenoxy) is 2. The van der Waals surface area contributed by atoms with Gasteiger partial charge in [-0.2, -0.15) is 0 Å². The zero-order valence-corrected chi connectivity index (χ0v) is 11.5. The van der Waals surface area contributed by atoms with Crippen molar-refractivity contribution in [2.24, 2.45) is 5.92 Å². The Morgan fingerprint density at radius 1 is 1.58 bits per heavy atom. The van der Waals surface area contributed by atoms with E-state index in [0.717, 1.165) is 25.3 Å². The van der Waals surface area contributed by atoms with Crippen LogP contribution in [-0.4, -0.2) is 42.3 Å². The molecule has 1 saturated heterocycles. The predicted molar refractivity (Wildman–Crippen MR) is 70.1 cm³/mol. The lowest BCUT2D eigenvalue weighted by molar-refractivity contribution is 0.0586. The van der Waals surface area contributed by atoms with Crippen molar-refractivity contribution in [3.05, 3.63) is 17.6 Å². The number of rotatable bonds is 4. The average Bonchev–Trinajstić information content (AvgIpc) is 2.80. The van der Waals surface area contributed by atoms with E-state index in [1.165, 1.54) is 7.11 Å². The predicted octanol–water partition coefficient (Wildman–Crippen LogP) is 1.41. The summed E-state index contributed by atoms with van der Waals surface area (Å²) in [6, 6.07) is 1.81. The minimum absolute atomic E-state index is 0.0840. The molecule has 0 aliphatic carbocycles. The van der Waals surface area contributed by atoms with E-state index in [4.69, 9.17) is 4.74 Å². The summed E-state index contributed by atoms with van der Waals surface area (Å²) in [6.07, 6.45) is 1.30. The fourth-order valence-electron chi connectivity index (χ4n) is 2.12. The van der Waals surface area contributed by atoms with Crippen LogP contribution in [0.15, 0.2) is 6.07 Å². The maximum atomic E-state index is 11.4. The Balaban J connectivity index is 2.03. The van der Waals surface area contributed by atoms with E-state index in [-0.39, 0.29) is 11.9 Å². The molecule has 0 aromatic carbocycles. The number of carbonyl (C=O) groups is 1. The number of hydrogen-bond acceptors (Lipinski definition) is 6. The molecule has 1 N–H and O–H groups in total. The van der Waals surface area contributed by atoms with Gasteiger partial charge in [-0.1, -0.05) is 0 Å². The summed E-state index contributed by atoms with van der Waals surface area (Å²) < 4.78 is 10.1. The summed E-state index contributed by atoms with van der Waals surface area (Å²) in [7, 11) is 1.32. The Hall–Kier alpha value is -1.69. The van der Waals surface area contributed by atoms with E-state index in [2.05, 4.69) is 26.9 Å². The Bertz CT molecular complexity index is 464. The van der Waals surface area contributed by atoms with Crippen LogP contribution in [0.2, 0.25) is 0 Å². The van der Waals surface area contributed by atoms with Gasteiger partial charge in [0.1, 0.15) is 5.82 Å². The lowest BCUT2D eigenvalue weighted by Gasteiger charge is -2.15. The highest BCUT2D eigenvalue weighted by molar-refractivity contribution is 5.85. The summed E-state index contributed by atoms with van der Waals surface area (Å²) in [5.41, 5.74) is 0.730. The van der Waals surface area contributed by atoms with Gasteiger partial charge in [-0.25, -0.2) is 14.8 Å². The maximum absolute atomic E-state index is 11.4. The van der Waals surface area contributed by atoms with Crippen LogP contribution in [0, 0.1) is 12.8 Å². The average molecular weight is 265 g/mol. The van der Waals surface area contributed by atoms with Gasteiger partial charge in [-0.3, -0.25) is 0 Å². The molecule has 2 rings (SSSR count). The van der Waals surface area contributed by atoms with Crippen LogP contribution < -0.4 is 5.32 Å². The highest BCUT2D eigenvalue weighted by Crippen LogP contribution is 2.20. The number of esters is 1. The number of nitrogens with one attached hydrogen (secondary N) is 1. The third-order valence-corrected chi connectivity index (χ3v) is 3.30. The lowest BCUT2D eigenvalue weighted by Crippen LogP contribution is -2.21. The normalized spacial score (nSPS) is 22.3. The molecule has 0 radical (unpaired) electrons. The Kier molecular flexibility index (Phi) is 4.31. The number of aryl methyl sites for hydroxylation is 1. The lowest BCUT2D eigenvalue weighted by atomic mass is 10.0. The van der Waals surface area contributed by atoms with Gasteiger partial charge >= 0.3 is 5.97 Å². The Labute approximate surface area is 112 Å². The smallest absolute Gasteiger partial charge is 0.376 e. The summed E-state index contributed by atoms with van der Waals surface area (Å²) >= 11 is 0. The SMILES string of the molecule is COC(=O)c1nc(C)cc(NCC2CCOC2C)n1. The number of aromatic nitrogens is 2.